The molecule has 1 aliphatic rings. The van der Waals surface area contributed by atoms with Crippen LogP contribution in [0.2, 0.25) is 0 Å². The van der Waals surface area contributed by atoms with Crippen molar-refractivity contribution in [3.05, 3.63) is 0 Å². The predicted molar refractivity (Wildman–Crippen MR) is 57.5 cm³/mol. The van der Waals surface area contributed by atoms with Gasteiger partial charge in [0, 0.05) is 0 Å². The molecule has 1 fully saturated rings. The van der Waals surface area contributed by atoms with Gasteiger partial charge in [0.15, 0.2) is 0 Å². The molecule has 0 saturated carbocycles. The number of carbonyl (C=O) groups is 1. The lowest BCUT2D eigenvalue weighted by atomic mass is 9.98. The number of amides is 1. The minimum absolute atomic E-state index is 0.120. The van der Waals surface area contributed by atoms with E-state index < -0.39 is 11.6 Å². The van der Waals surface area contributed by atoms with Crippen LogP contribution in [-0.4, -0.2) is 34.9 Å². The third-order valence-corrected chi connectivity index (χ3v) is 3.01. The van der Waals surface area contributed by atoms with Crippen LogP contribution in [0.25, 0.3) is 0 Å². The minimum atomic E-state index is -0.605. The van der Waals surface area contributed by atoms with Crippen molar-refractivity contribution in [3.8, 4) is 0 Å². The van der Waals surface area contributed by atoms with Crippen molar-refractivity contribution in [1.82, 2.24) is 5.32 Å². The number of aliphatic hydroxyl groups is 1. The molecule has 0 aromatic carbocycles. The molecule has 1 saturated heterocycles. The first kappa shape index (κ1) is 12.5. The van der Waals surface area contributed by atoms with Crippen LogP contribution in [-0.2, 0) is 9.53 Å². The van der Waals surface area contributed by atoms with Crippen molar-refractivity contribution in [3.63, 3.8) is 0 Å². The van der Waals surface area contributed by atoms with Gasteiger partial charge in [0.2, 0.25) is 5.91 Å². The van der Waals surface area contributed by atoms with Crippen LogP contribution >= 0.6 is 0 Å². The van der Waals surface area contributed by atoms with Crippen molar-refractivity contribution in [1.29, 1.82) is 0 Å². The molecule has 0 spiro atoms. The Labute approximate surface area is 91.0 Å². The summed E-state index contributed by atoms with van der Waals surface area (Å²) in [5.41, 5.74) is -0.605. The molecule has 0 aromatic heterocycles. The Bertz CT molecular complexity index is 238. The molecule has 0 aromatic rings. The third-order valence-electron chi connectivity index (χ3n) is 3.01. The van der Waals surface area contributed by atoms with Crippen LogP contribution in [0.1, 0.15) is 40.5 Å². The maximum Gasteiger partial charge on any atom is 0.249 e. The van der Waals surface area contributed by atoms with Crippen LogP contribution in [0.15, 0.2) is 0 Å². The van der Waals surface area contributed by atoms with Gasteiger partial charge in [-0.3, -0.25) is 4.79 Å². The Kier molecular flexibility index (Phi) is 3.73. The van der Waals surface area contributed by atoms with E-state index >= 15 is 0 Å². The molecule has 2 N–H and O–H groups in total. The van der Waals surface area contributed by atoms with Crippen molar-refractivity contribution >= 4 is 5.91 Å². The van der Waals surface area contributed by atoms with E-state index in [1.165, 1.54) is 0 Å². The molecular weight excluding hydrogens is 194 g/mol. The first-order valence-corrected chi connectivity index (χ1v) is 5.48. The van der Waals surface area contributed by atoms with Gasteiger partial charge >= 0.3 is 0 Å². The monoisotopic (exact) mass is 215 g/mol. The number of nitrogens with one attached hydrogen (secondary N) is 1. The zero-order valence-electron chi connectivity index (χ0n) is 9.91. The van der Waals surface area contributed by atoms with Crippen molar-refractivity contribution in [2.75, 3.05) is 0 Å². The average molecular weight is 215 g/mol. The molecule has 1 aliphatic heterocycles. The van der Waals surface area contributed by atoms with Gasteiger partial charge in [0.1, 0.15) is 6.10 Å². The lowest BCUT2D eigenvalue weighted by molar-refractivity contribution is -0.134. The summed E-state index contributed by atoms with van der Waals surface area (Å²) >= 11 is 0. The zero-order chi connectivity index (χ0) is 11.6. The fourth-order valence-corrected chi connectivity index (χ4v) is 1.50. The summed E-state index contributed by atoms with van der Waals surface area (Å²) in [6.07, 6.45) is 0.921. The highest BCUT2D eigenvalue weighted by molar-refractivity contribution is 5.81. The molecule has 1 heterocycles. The smallest absolute Gasteiger partial charge is 0.249 e. The fourth-order valence-electron chi connectivity index (χ4n) is 1.50. The molecule has 1 amide bonds. The molecule has 88 valence electrons. The maximum absolute atomic E-state index is 11.8. The summed E-state index contributed by atoms with van der Waals surface area (Å²) in [5, 5.41) is 12.3. The van der Waals surface area contributed by atoms with Gasteiger partial charge in [0.05, 0.1) is 17.7 Å². The normalized spacial score (nSPS) is 28.9. The van der Waals surface area contributed by atoms with Crippen LogP contribution < -0.4 is 5.32 Å². The Balaban J connectivity index is 2.49. The first-order valence-electron chi connectivity index (χ1n) is 5.48. The van der Waals surface area contributed by atoms with Crippen LogP contribution in [0.4, 0.5) is 0 Å². The molecule has 4 nitrogen and oxygen atoms in total. The summed E-state index contributed by atoms with van der Waals surface area (Å²) in [6, 6.07) is 0. The topological polar surface area (TPSA) is 58.6 Å². The number of hydrogen-bond donors (Lipinski definition) is 2. The van der Waals surface area contributed by atoms with Crippen molar-refractivity contribution in [2.45, 2.75) is 64.4 Å². The number of aliphatic hydroxyl groups excluding tert-OH is 1. The van der Waals surface area contributed by atoms with Crippen LogP contribution in [0.5, 0.6) is 0 Å². The Morgan fingerprint density at radius 3 is 2.53 bits per heavy atom. The molecule has 3 unspecified atom stereocenters. The summed E-state index contributed by atoms with van der Waals surface area (Å²) in [7, 11) is 0. The molecular formula is C11H21NO3. The van der Waals surface area contributed by atoms with Gasteiger partial charge < -0.3 is 15.2 Å². The number of carbonyl (C=O) groups excluding carboxylic acids is 1. The van der Waals surface area contributed by atoms with Crippen LogP contribution in [0, 0.1) is 0 Å². The second kappa shape index (κ2) is 4.49. The van der Waals surface area contributed by atoms with Gasteiger partial charge in [-0.05, 0) is 40.5 Å². The Morgan fingerprint density at radius 1 is 1.53 bits per heavy atom. The molecule has 3 atom stereocenters. The first-order chi connectivity index (χ1) is 6.83. The maximum atomic E-state index is 11.8. The number of rotatable bonds is 3. The van der Waals surface area contributed by atoms with Crippen molar-refractivity contribution in [2.24, 2.45) is 0 Å². The van der Waals surface area contributed by atoms with Gasteiger partial charge in [-0.25, -0.2) is 0 Å². The molecule has 0 radical (unpaired) electrons. The highest BCUT2D eigenvalue weighted by Crippen LogP contribution is 2.20. The summed E-state index contributed by atoms with van der Waals surface area (Å²) < 4.78 is 5.46. The predicted octanol–water partition coefficient (Wildman–Crippen LogP) is 0.829. The largest absolute Gasteiger partial charge is 0.391 e. The quantitative estimate of drug-likeness (QED) is 0.733. The van der Waals surface area contributed by atoms with Gasteiger partial charge in [-0.2, -0.15) is 0 Å². The van der Waals surface area contributed by atoms with Crippen LogP contribution in [0.3, 0.4) is 0 Å². The molecule has 4 heteroatoms. The van der Waals surface area contributed by atoms with E-state index in [4.69, 9.17) is 4.74 Å². The number of ether oxygens (including phenoxy) is 1. The molecule has 0 aliphatic carbocycles. The minimum Gasteiger partial charge on any atom is -0.391 e. The van der Waals surface area contributed by atoms with Gasteiger partial charge in [-0.1, -0.05) is 0 Å². The zero-order valence-corrected chi connectivity index (χ0v) is 9.91. The lowest BCUT2D eigenvalue weighted by Gasteiger charge is -2.30. The van der Waals surface area contributed by atoms with E-state index in [9.17, 15) is 9.90 Å². The third kappa shape index (κ3) is 3.18. The summed E-state index contributed by atoms with van der Waals surface area (Å²) in [5.74, 6) is -0.120. The highest BCUT2D eigenvalue weighted by Gasteiger charge is 2.33. The second-order valence-corrected chi connectivity index (χ2v) is 4.90. The summed E-state index contributed by atoms with van der Waals surface area (Å²) in [4.78, 5) is 11.8. The SMILES string of the molecule is CC1CCC(C(=O)NC(C)(C)C(C)O)O1. The molecule has 0 bridgehead atoms. The fraction of sp³-hybridized carbons (Fsp3) is 0.909. The lowest BCUT2D eigenvalue weighted by Crippen LogP contribution is -2.53. The Hall–Kier alpha value is -0.610. The van der Waals surface area contributed by atoms with Gasteiger partial charge in [0.25, 0.3) is 0 Å². The van der Waals surface area contributed by atoms with E-state index in [0.717, 1.165) is 12.8 Å². The van der Waals surface area contributed by atoms with E-state index in [1.807, 2.05) is 6.92 Å². The molecule has 1 rings (SSSR count). The van der Waals surface area contributed by atoms with Gasteiger partial charge in [-0.15, -0.1) is 0 Å². The van der Waals surface area contributed by atoms with E-state index in [1.54, 1.807) is 20.8 Å². The van der Waals surface area contributed by atoms with E-state index in [-0.39, 0.29) is 18.1 Å². The summed E-state index contributed by atoms with van der Waals surface area (Å²) in [6.45, 7) is 7.23. The highest BCUT2D eigenvalue weighted by atomic mass is 16.5. The van der Waals surface area contributed by atoms with Crippen molar-refractivity contribution < 1.29 is 14.6 Å². The molecule has 15 heavy (non-hydrogen) atoms. The Morgan fingerprint density at radius 2 is 2.13 bits per heavy atom. The number of hydrogen-bond acceptors (Lipinski definition) is 3. The second-order valence-electron chi connectivity index (χ2n) is 4.90. The van der Waals surface area contributed by atoms with E-state index in [2.05, 4.69) is 5.32 Å². The standard InChI is InChI=1S/C11H21NO3/c1-7-5-6-9(15-7)10(14)12-11(3,4)8(2)13/h7-9,13H,5-6H2,1-4H3,(H,12,14). The van der Waals surface area contributed by atoms with E-state index in [0.29, 0.717) is 0 Å². The average Bonchev–Trinajstić information content (AvgIpc) is 2.50.